The predicted octanol–water partition coefficient (Wildman–Crippen LogP) is 4.38. The lowest BCUT2D eigenvalue weighted by molar-refractivity contribution is -0.137. The molecule has 1 aromatic heterocycles. The standard InChI is InChI=1S/C20H17F3N2O4/c1-11(18(26)24-14-6-4-13(5-7-14)20(21,22)23)29-19(27)17-9-12-3-8-15(28-2)10-16(12)25-17/h3-11,25H,1-2H3,(H,24,26). The first-order valence-corrected chi connectivity index (χ1v) is 8.53. The number of alkyl halides is 3. The van der Waals surface area contributed by atoms with Gasteiger partial charge in [-0.1, -0.05) is 0 Å². The smallest absolute Gasteiger partial charge is 0.416 e. The number of fused-ring (bicyclic) bond motifs is 1. The van der Waals surface area contributed by atoms with E-state index in [-0.39, 0.29) is 11.4 Å². The largest absolute Gasteiger partial charge is 0.497 e. The van der Waals surface area contributed by atoms with E-state index in [2.05, 4.69) is 10.3 Å². The second-order valence-electron chi connectivity index (χ2n) is 6.25. The van der Waals surface area contributed by atoms with Crippen LogP contribution < -0.4 is 10.1 Å². The number of methoxy groups -OCH3 is 1. The second kappa shape index (κ2) is 7.86. The number of aromatic nitrogens is 1. The van der Waals surface area contributed by atoms with Crippen LogP contribution in [0.25, 0.3) is 10.9 Å². The number of hydrogen-bond acceptors (Lipinski definition) is 4. The van der Waals surface area contributed by atoms with Gasteiger partial charge in [-0.15, -0.1) is 0 Å². The summed E-state index contributed by atoms with van der Waals surface area (Å²) in [6.07, 6.45) is -5.62. The highest BCUT2D eigenvalue weighted by molar-refractivity contribution is 5.99. The topological polar surface area (TPSA) is 80.4 Å². The molecule has 1 atom stereocenters. The first-order chi connectivity index (χ1) is 13.7. The maximum absolute atomic E-state index is 12.6. The van der Waals surface area contributed by atoms with Gasteiger partial charge in [0.2, 0.25) is 0 Å². The van der Waals surface area contributed by atoms with Crippen molar-refractivity contribution in [2.24, 2.45) is 0 Å². The molecule has 2 aromatic carbocycles. The summed E-state index contributed by atoms with van der Waals surface area (Å²) in [4.78, 5) is 27.4. The fourth-order valence-corrected chi connectivity index (χ4v) is 2.61. The number of nitrogens with one attached hydrogen (secondary N) is 2. The number of amides is 1. The molecule has 0 bridgehead atoms. The van der Waals surface area contributed by atoms with E-state index in [0.29, 0.717) is 11.3 Å². The first-order valence-electron chi connectivity index (χ1n) is 8.53. The van der Waals surface area contributed by atoms with Crippen LogP contribution in [0.15, 0.2) is 48.5 Å². The number of anilines is 1. The quantitative estimate of drug-likeness (QED) is 0.617. The summed E-state index contributed by atoms with van der Waals surface area (Å²) in [5.74, 6) is -0.797. The highest BCUT2D eigenvalue weighted by Gasteiger charge is 2.30. The van der Waals surface area contributed by atoms with Crippen molar-refractivity contribution in [1.29, 1.82) is 0 Å². The van der Waals surface area contributed by atoms with E-state index in [1.54, 1.807) is 24.3 Å². The molecule has 1 amide bonds. The SMILES string of the molecule is COc1ccc2cc(C(=O)OC(C)C(=O)Nc3ccc(C(F)(F)F)cc3)[nH]c2c1. The zero-order valence-electron chi connectivity index (χ0n) is 15.5. The molecule has 1 heterocycles. The van der Waals surface area contributed by atoms with Gasteiger partial charge in [-0.2, -0.15) is 13.2 Å². The van der Waals surface area contributed by atoms with Gasteiger partial charge in [-0.05, 0) is 49.4 Å². The lowest BCUT2D eigenvalue weighted by Crippen LogP contribution is -2.30. The predicted molar refractivity (Wildman–Crippen MR) is 99.8 cm³/mol. The summed E-state index contributed by atoms with van der Waals surface area (Å²) in [5.41, 5.74) is 0.148. The maximum Gasteiger partial charge on any atom is 0.416 e. The maximum atomic E-state index is 12.6. The molecule has 2 N–H and O–H groups in total. The lowest BCUT2D eigenvalue weighted by Gasteiger charge is -2.13. The summed E-state index contributed by atoms with van der Waals surface area (Å²) in [6, 6.07) is 10.8. The number of hydrogen-bond donors (Lipinski definition) is 2. The van der Waals surface area contributed by atoms with Crippen molar-refractivity contribution in [1.82, 2.24) is 4.98 Å². The Morgan fingerprint density at radius 2 is 1.76 bits per heavy atom. The number of carbonyl (C=O) groups excluding carboxylic acids is 2. The lowest BCUT2D eigenvalue weighted by atomic mass is 10.2. The highest BCUT2D eigenvalue weighted by atomic mass is 19.4. The number of carbonyl (C=O) groups is 2. The van der Waals surface area contributed by atoms with Crippen molar-refractivity contribution in [3.63, 3.8) is 0 Å². The van der Waals surface area contributed by atoms with Gasteiger partial charge in [0.05, 0.1) is 12.7 Å². The van der Waals surface area contributed by atoms with Gasteiger partial charge in [0.15, 0.2) is 6.10 Å². The molecule has 152 valence electrons. The third kappa shape index (κ3) is 4.68. The summed E-state index contributed by atoms with van der Waals surface area (Å²) in [6.45, 7) is 1.36. The Morgan fingerprint density at radius 1 is 1.07 bits per heavy atom. The molecule has 0 aliphatic heterocycles. The normalized spacial score (nSPS) is 12.4. The number of esters is 1. The van der Waals surface area contributed by atoms with Crippen LogP contribution in [-0.4, -0.2) is 30.1 Å². The second-order valence-corrected chi connectivity index (χ2v) is 6.25. The molecule has 0 saturated heterocycles. The molecular weight excluding hydrogens is 389 g/mol. The van der Waals surface area contributed by atoms with Crippen LogP contribution in [-0.2, 0) is 15.7 Å². The number of benzene rings is 2. The first kappa shape index (κ1) is 20.2. The van der Waals surface area contributed by atoms with Gasteiger partial charge < -0.3 is 19.8 Å². The number of rotatable bonds is 5. The van der Waals surface area contributed by atoms with E-state index in [0.717, 1.165) is 29.7 Å². The molecular formula is C20H17F3N2O4. The zero-order valence-corrected chi connectivity index (χ0v) is 15.5. The molecule has 3 aromatic rings. The average Bonchev–Trinajstić information content (AvgIpc) is 3.11. The van der Waals surface area contributed by atoms with Crippen LogP contribution in [0.5, 0.6) is 5.75 Å². The van der Waals surface area contributed by atoms with E-state index in [1.807, 2.05) is 0 Å². The Kier molecular flexibility index (Phi) is 5.49. The molecule has 0 saturated carbocycles. The molecule has 0 spiro atoms. The minimum absolute atomic E-state index is 0.155. The van der Waals surface area contributed by atoms with Crippen LogP contribution in [0.1, 0.15) is 23.0 Å². The number of aromatic amines is 1. The van der Waals surface area contributed by atoms with Crippen molar-refractivity contribution in [2.75, 3.05) is 12.4 Å². The number of halogens is 3. The van der Waals surface area contributed by atoms with Gasteiger partial charge in [-0.3, -0.25) is 4.79 Å². The van der Waals surface area contributed by atoms with E-state index >= 15 is 0 Å². The van der Waals surface area contributed by atoms with E-state index < -0.39 is 29.7 Å². The third-order valence-corrected chi connectivity index (χ3v) is 4.18. The van der Waals surface area contributed by atoms with Crippen LogP contribution in [0.4, 0.5) is 18.9 Å². The number of H-pyrrole nitrogens is 1. The van der Waals surface area contributed by atoms with Crippen molar-refractivity contribution in [3.05, 3.63) is 59.8 Å². The summed E-state index contributed by atoms with van der Waals surface area (Å²) in [5, 5.41) is 3.17. The van der Waals surface area contributed by atoms with E-state index in [9.17, 15) is 22.8 Å². The third-order valence-electron chi connectivity index (χ3n) is 4.18. The van der Waals surface area contributed by atoms with Crippen molar-refractivity contribution < 1.29 is 32.2 Å². The van der Waals surface area contributed by atoms with E-state index in [1.165, 1.54) is 14.0 Å². The molecule has 0 radical (unpaired) electrons. The fourth-order valence-electron chi connectivity index (χ4n) is 2.61. The summed E-state index contributed by atoms with van der Waals surface area (Å²) in [7, 11) is 1.52. The molecule has 0 fully saturated rings. The van der Waals surface area contributed by atoms with Crippen LogP contribution in [0.2, 0.25) is 0 Å². The van der Waals surface area contributed by atoms with Gasteiger partial charge in [0.25, 0.3) is 5.91 Å². The molecule has 9 heteroatoms. The summed E-state index contributed by atoms with van der Waals surface area (Å²) < 4.78 is 48.0. The molecule has 3 rings (SSSR count). The minimum atomic E-state index is -4.46. The molecule has 29 heavy (non-hydrogen) atoms. The van der Waals surface area contributed by atoms with Crippen LogP contribution in [0.3, 0.4) is 0 Å². The Morgan fingerprint density at radius 3 is 2.38 bits per heavy atom. The molecule has 1 unspecified atom stereocenters. The Bertz CT molecular complexity index is 1040. The van der Waals surface area contributed by atoms with Crippen molar-refractivity contribution >= 4 is 28.5 Å². The monoisotopic (exact) mass is 406 g/mol. The van der Waals surface area contributed by atoms with Crippen molar-refractivity contribution in [3.8, 4) is 5.75 Å². The average molecular weight is 406 g/mol. The summed E-state index contributed by atoms with van der Waals surface area (Å²) >= 11 is 0. The van der Waals surface area contributed by atoms with Gasteiger partial charge in [0.1, 0.15) is 11.4 Å². The van der Waals surface area contributed by atoms with Gasteiger partial charge in [0, 0.05) is 22.7 Å². The Hall–Kier alpha value is -3.49. The van der Waals surface area contributed by atoms with Crippen LogP contribution >= 0.6 is 0 Å². The Balaban J connectivity index is 1.63. The van der Waals surface area contributed by atoms with Gasteiger partial charge in [-0.25, -0.2) is 4.79 Å². The molecule has 0 aliphatic carbocycles. The highest BCUT2D eigenvalue weighted by Crippen LogP contribution is 2.29. The fraction of sp³-hybridized carbons (Fsp3) is 0.200. The minimum Gasteiger partial charge on any atom is -0.497 e. The zero-order chi connectivity index (χ0) is 21.2. The number of ether oxygens (including phenoxy) is 2. The van der Waals surface area contributed by atoms with Gasteiger partial charge >= 0.3 is 12.1 Å². The molecule has 0 aliphatic rings. The Labute approximate surface area is 163 Å². The molecule has 6 nitrogen and oxygen atoms in total. The van der Waals surface area contributed by atoms with Crippen LogP contribution in [0, 0.1) is 0 Å². The van der Waals surface area contributed by atoms with Crippen molar-refractivity contribution in [2.45, 2.75) is 19.2 Å². The van der Waals surface area contributed by atoms with E-state index in [4.69, 9.17) is 9.47 Å².